The Labute approximate surface area is 129 Å². The lowest BCUT2D eigenvalue weighted by molar-refractivity contribution is 0.404. The smallest absolute Gasteiger partial charge is 0.122 e. The van der Waals surface area contributed by atoms with Crippen LogP contribution in [0.3, 0.4) is 0 Å². The molecule has 0 aromatic heterocycles. The Morgan fingerprint density at radius 1 is 1.14 bits per heavy atom. The molecule has 0 saturated heterocycles. The first-order valence-electron chi connectivity index (χ1n) is 6.60. The minimum absolute atomic E-state index is 0.0625. The number of ether oxygens (including phenoxy) is 2. The summed E-state index contributed by atoms with van der Waals surface area (Å²) >= 11 is 6.07. The molecule has 3 N–H and O–H groups in total. The zero-order chi connectivity index (χ0) is 15.2. The number of methoxy groups -OCH3 is 2. The van der Waals surface area contributed by atoms with Crippen molar-refractivity contribution in [3.8, 4) is 11.5 Å². The van der Waals surface area contributed by atoms with E-state index in [9.17, 15) is 0 Å². The highest BCUT2D eigenvalue weighted by Gasteiger charge is 2.14. The van der Waals surface area contributed by atoms with Crippen LogP contribution < -0.4 is 20.7 Å². The fourth-order valence-corrected chi connectivity index (χ4v) is 2.45. The normalized spacial score (nSPS) is 12.0. The summed E-state index contributed by atoms with van der Waals surface area (Å²) in [4.78, 5) is 0. The Hall–Kier alpha value is -1.75. The van der Waals surface area contributed by atoms with Gasteiger partial charge in [-0.05, 0) is 47.9 Å². The van der Waals surface area contributed by atoms with E-state index in [1.165, 1.54) is 0 Å². The Balaban J connectivity index is 2.28. The van der Waals surface area contributed by atoms with Crippen LogP contribution in [0.2, 0.25) is 5.02 Å². The zero-order valence-electron chi connectivity index (χ0n) is 12.1. The molecule has 2 aromatic rings. The molecule has 2 rings (SSSR count). The average Bonchev–Trinajstić information content (AvgIpc) is 2.52. The van der Waals surface area contributed by atoms with Crippen molar-refractivity contribution < 1.29 is 9.47 Å². The molecule has 1 unspecified atom stereocenters. The van der Waals surface area contributed by atoms with Gasteiger partial charge in [-0.3, -0.25) is 11.3 Å². The lowest BCUT2D eigenvalue weighted by Gasteiger charge is -2.19. The van der Waals surface area contributed by atoms with Gasteiger partial charge < -0.3 is 9.47 Å². The first kappa shape index (κ1) is 15.6. The maximum absolute atomic E-state index is 6.07. The van der Waals surface area contributed by atoms with Gasteiger partial charge in [0.25, 0.3) is 0 Å². The molecule has 0 amide bonds. The van der Waals surface area contributed by atoms with Crippen molar-refractivity contribution in [2.75, 3.05) is 14.2 Å². The Morgan fingerprint density at radius 3 is 2.62 bits per heavy atom. The fraction of sp³-hybridized carbons (Fsp3) is 0.250. The molecule has 0 saturated carbocycles. The summed E-state index contributed by atoms with van der Waals surface area (Å²) in [5, 5.41) is 0.673. The summed E-state index contributed by atoms with van der Waals surface area (Å²) in [6.07, 6.45) is 0.660. The average molecular weight is 307 g/mol. The van der Waals surface area contributed by atoms with Gasteiger partial charge in [-0.1, -0.05) is 23.7 Å². The largest absolute Gasteiger partial charge is 0.497 e. The SMILES string of the molecule is COc1cccc(C(Cc2cc(Cl)ccc2OC)NN)c1. The number of nitrogens with two attached hydrogens (primary N) is 1. The fourth-order valence-electron chi connectivity index (χ4n) is 2.26. The van der Waals surface area contributed by atoms with Crippen LogP contribution >= 0.6 is 11.6 Å². The van der Waals surface area contributed by atoms with Crippen LogP contribution in [0.1, 0.15) is 17.2 Å². The van der Waals surface area contributed by atoms with Gasteiger partial charge >= 0.3 is 0 Å². The monoisotopic (exact) mass is 306 g/mol. The van der Waals surface area contributed by atoms with Crippen molar-refractivity contribution in [3.05, 3.63) is 58.6 Å². The minimum Gasteiger partial charge on any atom is -0.497 e. The van der Waals surface area contributed by atoms with E-state index in [0.29, 0.717) is 11.4 Å². The van der Waals surface area contributed by atoms with Gasteiger partial charge in [0.15, 0.2) is 0 Å². The van der Waals surface area contributed by atoms with E-state index in [0.717, 1.165) is 22.6 Å². The summed E-state index contributed by atoms with van der Waals surface area (Å²) in [6.45, 7) is 0. The van der Waals surface area contributed by atoms with Gasteiger partial charge in [0.2, 0.25) is 0 Å². The van der Waals surface area contributed by atoms with Crippen LogP contribution in [0.4, 0.5) is 0 Å². The first-order valence-corrected chi connectivity index (χ1v) is 6.98. The van der Waals surface area contributed by atoms with E-state index in [1.807, 2.05) is 36.4 Å². The van der Waals surface area contributed by atoms with E-state index < -0.39 is 0 Å². The topological polar surface area (TPSA) is 56.5 Å². The van der Waals surface area contributed by atoms with Gasteiger partial charge in [0.1, 0.15) is 11.5 Å². The zero-order valence-corrected chi connectivity index (χ0v) is 12.9. The molecule has 0 aliphatic carbocycles. The number of hydrogen-bond donors (Lipinski definition) is 2. The van der Waals surface area contributed by atoms with Gasteiger partial charge in [-0.2, -0.15) is 0 Å². The van der Waals surface area contributed by atoms with E-state index in [2.05, 4.69) is 5.43 Å². The van der Waals surface area contributed by atoms with Crippen LogP contribution in [0.15, 0.2) is 42.5 Å². The van der Waals surface area contributed by atoms with E-state index >= 15 is 0 Å². The molecule has 4 nitrogen and oxygen atoms in total. The van der Waals surface area contributed by atoms with Crippen molar-refractivity contribution in [2.24, 2.45) is 5.84 Å². The predicted molar refractivity (Wildman–Crippen MR) is 84.8 cm³/mol. The number of hydrogen-bond acceptors (Lipinski definition) is 4. The van der Waals surface area contributed by atoms with Gasteiger partial charge in [-0.25, -0.2) is 0 Å². The molecule has 1 atom stereocenters. The highest BCUT2D eigenvalue weighted by molar-refractivity contribution is 6.30. The van der Waals surface area contributed by atoms with Crippen molar-refractivity contribution in [3.63, 3.8) is 0 Å². The van der Waals surface area contributed by atoms with Crippen LogP contribution in [0, 0.1) is 0 Å². The van der Waals surface area contributed by atoms with Crippen LogP contribution in [0.5, 0.6) is 11.5 Å². The maximum Gasteiger partial charge on any atom is 0.122 e. The molecule has 0 aliphatic rings. The highest BCUT2D eigenvalue weighted by atomic mass is 35.5. The summed E-state index contributed by atoms with van der Waals surface area (Å²) in [5.74, 6) is 7.30. The first-order chi connectivity index (χ1) is 10.2. The molecule has 0 radical (unpaired) electrons. The molecule has 0 heterocycles. The minimum atomic E-state index is -0.0625. The molecule has 5 heteroatoms. The molecule has 0 fully saturated rings. The molecule has 21 heavy (non-hydrogen) atoms. The second-order valence-electron chi connectivity index (χ2n) is 4.66. The highest BCUT2D eigenvalue weighted by Crippen LogP contribution is 2.28. The summed E-state index contributed by atoms with van der Waals surface area (Å²) in [6, 6.07) is 13.3. The lowest BCUT2D eigenvalue weighted by Crippen LogP contribution is -2.29. The second kappa shape index (κ2) is 7.31. The van der Waals surface area contributed by atoms with Gasteiger partial charge in [-0.15, -0.1) is 0 Å². The van der Waals surface area contributed by atoms with E-state index in [-0.39, 0.29) is 6.04 Å². The molecule has 0 spiro atoms. The van der Waals surface area contributed by atoms with Crippen molar-refractivity contribution in [2.45, 2.75) is 12.5 Å². The standard InChI is InChI=1S/C16H19ClN2O2/c1-20-14-5-3-4-11(9-14)15(19-18)10-12-8-13(17)6-7-16(12)21-2/h3-9,15,19H,10,18H2,1-2H3. The molecule has 0 bridgehead atoms. The lowest BCUT2D eigenvalue weighted by atomic mass is 9.98. The van der Waals surface area contributed by atoms with Crippen molar-refractivity contribution in [1.82, 2.24) is 5.43 Å². The van der Waals surface area contributed by atoms with Crippen molar-refractivity contribution in [1.29, 1.82) is 0 Å². The number of hydrazine groups is 1. The predicted octanol–water partition coefficient (Wildman–Crippen LogP) is 3.10. The second-order valence-corrected chi connectivity index (χ2v) is 5.09. The summed E-state index contributed by atoms with van der Waals surface area (Å²) in [5.41, 5.74) is 4.87. The van der Waals surface area contributed by atoms with E-state index in [1.54, 1.807) is 20.3 Å². The number of halogens is 1. The number of rotatable bonds is 6. The summed E-state index contributed by atoms with van der Waals surface area (Å²) in [7, 11) is 3.28. The molecular weight excluding hydrogens is 288 g/mol. The summed E-state index contributed by atoms with van der Waals surface area (Å²) < 4.78 is 10.6. The molecular formula is C16H19ClN2O2. The van der Waals surface area contributed by atoms with Crippen LogP contribution in [-0.4, -0.2) is 14.2 Å². The maximum atomic E-state index is 6.07. The van der Waals surface area contributed by atoms with Crippen molar-refractivity contribution >= 4 is 11.6 Å². The molecule has 0 aliphatic heterocycles. The quantitative estimate of drug-likeness (QED) is 0.636. The molecule has 2 aromatic carbocycles. The van der Waals surface area contributed by atoms with Gasteiger partial charge in [0, 0.05) is 5.02 Å². The Bertz CT molecular complexity index is 605. The van der Waals surface area contributed by atoms with E-state index in [4.69, 9.17) is 26.9 Å². The third kappa shape index (κ3) is 3.88. The third-order valence-corrected chi connectivity index (χ3v) is 3.60. The van der Waals surface area contributed by atoms with Gasteiger partial charge in [0.05, 0.1) is 20.3 Å². The third-order valence-electron chi connectivity index (χ3n) is 3.36. The molecule has 112 valence electrons. The number of nitrogens with one attached hydrogen (secondary N) is 1. The Kier molecular flexibility index (Phi) is 5.44. The number of benzene rings is 2. The van der Waals surface area contributed by atoms with Crippen LogP contribution in [-0.2, 0) is 6.42 Å². The van der Waals surface area contributed by atoms with Crippen LogP contribution in [0.25, 0.3) is 0 Å². The Morgan fingerprint density at radius 2 is 1.95 bits per heavy atom.